The third-order valence-electron chi connectivity index (χ3n) is 3.56. The van der Waals surface area contributed by atoms with Gasteiger partial charge < -0.3 is 4.74 Å². The van der Waals surface area contributed by atoms with Crippen molar-refractivity contribution in [1.29, 1.82) is 0 Å². The SMILES string of the molecule is Cc1ccc(/C=C/C(=O)OCC(=O)c2ccc(C)c([N+](=O)[O-])c2)cc1. The minimum atomic E-state index is -0.657. The fourth-order valence-electron chi connectivity index (χ4n) is 2.09. The normalized spacial score (nSPS) is 10.6. The predicted octanol–water partition coefficient (Wildman–Crippen LogP) is 3.65. The van der Waals surface area contributed by atoms with Gasteiger partial charge >= 0.3 is 5.97 Å². The van der Waals surface area contributed by atoms with Crippen LogP contribution in [0.15, 0.2) is 48.5 Å². The Labute approximate surface area is 144 Å². The predicted molar refractivity (Wildman–Crippen MR) is 93.3 cm³/mol. The van der Waals surface area contributed by atoms with Gasteiger partial charge in [-0.3, -0.25) is 14.9 Å². The van der Waals surface area contributed by atoms with Crippen LogP contribution in [-0.4, -0.2) is 23.3 Å². The van der Waals surface area contributed by atoms with Crippen molar-refractivity contribution in [2.45, 2.75) is 13.8 Å². The van der Waals surface area contributed by atoms with Crippen LogP contribution in [0, 0.1) is 24.0 Å². The number of carbonyl (C=O) groups excluding carboxylic acids is 2. The molecule has 0 amide bonds. The first-order valence-electron chi connectivity index (χ1n) is 7.56. The summed E-state index contributed by atoms with van der Waals surface area (Å²) in [6.07, 6.45) is 2.82. The molecular weight excluding hydrogens is 322 g/mol. The first-order chi connectivity index (χ1) is 11.9. The molecular formula is C19H17NO5. The van der Waals surface area contributed by atoms with E-state index < -0.39 is 23.3 Å². The van der Waals surface area contributed by atoms with Gasteiger partial charge in [-0.2, -0.15) is 0 Å². The zero-order valence-corrected chi connectivity index (χ0v) is 13.9. The smallest absolute Gasteiger partial charge is 0.331 e. The van der Waals surface area contributed by atoms with Crippen molar-refractivity contribution in [3.05, 3.63) is 80.9 Å². The number of nitrogens with zero attached hydrogens (tertiary/aromatic N) is 1. The van der Waals surface area contributed by atoms with Crippen LogP contribution in [0.25, 0.3) is 6.08 Å². The van der Waals surface area contributed by atoms with Crippen LogP contribution in [0.2, 0.25) is 0 Å². The van der Waals surface area contributed by atoms with Gasteiger partial charge in [-0.05, 0) is 25.5 Å². The molecule has 0 saturated carbocycles. The molecule has 0 aliphatic heterocycles. The van der Waals surface area contributed by atoms with E-state index in [4.69, 9.17) is 4.74 Å². The van der Waals surface area contributed by atoms with Crippen molar-refractivity contribution in [1.82, 2.24) is 0 Å². The highest BCUT2D eigenvalue weighted by Crippen LogP contribution is 2.19. The lowest BCUT2D eigenvalue weighted by molar-refractivity contribution is -0.385. The van der Waals surface area contributed by atoms with E-state index in [0.29, 0.717) is 5.56 Å². The molecule has 6 heteroatoms. The van der Waals surface area contributed by atoms with Gasteiger partial charge in [-0.15, -0.1) is 0 Å². The van der Waals surface area contributed by atoms with E-state index in [1.54, 1.807) is 13.0 Å². The Kier molecular flexibility index (Phi) is 5.79. The molecule has 0 atom stereocenters. The number of hydrogen-bond donors (Lipinski definition) is 0. The summed E-state index contributed by atoms with van der Waals surface area (Å²) in [5, 5.41) is 10.9. The number of benzene rings is 2. The van der Waals surface area contributed by atoms with Crippen LogP contribution < -0.4 is 0 Å². The van der Waals surface area contributed by atoms with Crippen LogP contribution in [0.4, 0.5) is 5.69 Å². The average Bonchev–Trinajstić information content (AvgIpc) is 2.59. The largest absolute Gasteiger partial charge is 0.454 e. The highest BCUT2D eigenvalue weighted by molar-refractivity contribution is 5.99. The minimum Gasteiger partial charge on any atom is -0.454 e. The van der Waals surface area contributed by atoms with E-state index >= 15 is 0 Å². The molecule has 0 radical (unpaired) electrons. The molecule has 0 N–H and O–H groups in total. The maximum absolute atomic E-state index is 12.0. The number of ketones is 1. The van der Waals surface area contributed by atoms with Crippen molar-refractivity contribution < 1.29 is 19.2 Å². The highest BCUT2D eigenvalue weighted by atomic mass is 16.6. The Bertz CT molecular complexity index is 837. The van der Waals surface area contributed by atoms with Gasteiger partial charge in [0.15, 0.2) is 6.61 Å². The summed E-state index contributed by atoms with van der Waals surface area (Å²) in [6.45, 7) is 3.07. The molecule has 0 aromatic heterocycles. The molecule has 0 bridgehead atoms. The Balaban J connectivity index is 1.95. The zero-order chi connectivity index (χ0) is 18.4. The molecule has 0 heterocycles. The number of Topliss-reactive ketones (excluding diaryl/α,β-unsaturated/α-hetero) is 1. The molecule has 0 aliphatic rings. The minimum absolute atomic E-state index is 0.132. The van der Waals surface area contributed by atoms with E-state index in [1.807, 2.05) is 31.2 Å². The molecule has 25 heavy (non-hydrogen) atoms. The molecule has 0 fully saturated rings. The summed E-state index contributed by atoms with van der Waals surface area (Å²) in [6, 6.07) is 11.7. The summed E-state index contributed by atoms with van der Waals surface area (Å²) >= 11 is 0. The van der Waals surface area contributed by atoms with Crippen molar-refractivity contribution >= 4 is 23.5 Å². The van der Waals surface area contributed by atoms with Crippen LogP contribution in [-0.2, 0) is 9.53 Å². The summed E-state index contributed by atoms with van der Waals surface area (Å²) < 4.78 is 4.89. The molecule has 2 aromatic carbocycles. The lowest BCUT2D eigenvalue weighted by Crippen LogP contribution is -2.13. The summed E-state index contributed by atoms with van der Waals surface area (Å²) in [5.41, 5.74) is 2.39. The lowest BCUT2D eigenvalue weighted by Gasteiger charge is -2.03. The third kappa shape index (κ3) is 5.10. The third-order valence-corrected chi connectivity index (χ3v) is 3.56. The van der Waals surface area contributed by atoms with Crippen LogP contribution in [0.3, 0.4) is 0 Å². The molecule has 0 aliphatic carbocycles. The second-order valence-corrected chi connectivity index (χ2v) is 5.53. The Morgan fingerprint density at radius 2 is 1.80 bits per heavy atom. The fraction of sp³-hybridized carbons (Fsp3) is 0.158. The van der Waals surface area contributed by atoms with Crippen LogP contribution in [0.5, 0.6) is 0 Å². The van der Waals surface area contributed by atoms with Gasteiger partial charge in [-0.25, -0.2) is 4.79 Å². The molecule has 2 rings (SSSR count). The molecule has 6 nitrogen and oxygen atoms in total. The maximum Gasteiger partial charge on any atom is 0.331 e. The topological polar surface area (TPSA) is 86.5 Å². The first kappa shape index (κ1) is 18.1. The van der Waals surface area contributed by atoms with Crippen LogP contribution >= 0.6 is 0 Å². The van der Waals surface area contributed by atoms with E-state index in [1.165, 1.54) is 24.3 Å². The lowest BCUT2D eigenvalue weighted by atomic mass is 10.1. The number of nitro groups is 1. The van der Waals surface area contributed by atoms with Gasteiger partial charge in [-0.1, -0.05) is 42.0 Å². The van der Waals surface area contributed by atoms with Crippen molar-refractivity contribution in [2.24, 2.45) is 0 Å². The number of carbonyl (C=O) groups is 2. The van der Waals surface area contributed by atoms with Gasteiger partial charge in [0, 0.05) is 23.3 Å². The quantitative estimate of drug-likeness (QED) is 0.264. The number of nitro benzene ring substituents is 1. The molecule has 0 saturated heterocycles. The summed E-state index contributed by atoms with van der Waals surface area (Å²) in [7, 11) is 0. The second-order valence-electron chi connectivity index (χ2n) is 5.53. The zero-order valence-electron chi connectivity index (χ0n) is 13.9. The monoisotopic (exact) mass is 339 g/mol. The van der Waals surface area contributed by atoms with Gasteiger partial charge in [0.25, 0.3) is 5.69 Å². The van der Waals surface area contributed by atoms with E-state index in [9.17, 15) is 19.7 Å². The summed E-state index contributed by atoms with van der Waals surface area (Å²) in [4.78, 5) is 34.1. The Morgan fingerprint density at radius 3 is 2.44 bits per heavy atom. The second kappa shape index (κ2) is 8.01. The highest BCUT2D eigenvalue weighted by Gasteiger charge is 2.15. The molecule has 0 spiro atoms. The molecule has 0 unspecified atom stereocenters. The first-order valence-corrected chi connectivity index (χ1v) is 7.56. The Morgan fingerprint density at radius 1 is 1.12 bits per heavy atom. The van der Waals surface area contributed by atoms with Crippen molar-refractivity contribution in [3.8, 4) is 0 Å². The number of esters is 1. The van der Waals surface area contributed by atoms with Crippen molar-refractivity contribution in [2.75, 3.05) is 6.61 Å². The van der Waals surface area contributed by atoms with E-state index in [0.717, 1.165) is 11.1 Å². The van der Waals surface area contributed by atoms with Crippen molar-refractivity contribution in [3.63, 3.8) is 0 Å². The molecule has 128 valence electrons. The number of rotatable bonds is 6. The number of ether oxygens (including phenoxy) is 1. The number of hydrogen-bond acceptors (Lipinski definition) is 5. The van der Waals surface area contributed by atoms with Gasteiger partial charge in [0.1, 0.15) is 0 Å². The van der Waals surface area contributed by atoms with E-state index in [-0.39, 0.29) is 11.3 Å². The van der Waals surface area contributed by atoms with Gasteiger partial charge in [0.2, 0.25) is 5.78 Å². The Hall–Kier alpha value is -3.28. The van der Waals surface area contributed by atoms with Gasteiger partial charge in [0.05, 0.1) is 4.92 Å². The van der Waals surface area contributed by atoms with Crippen LogP contribution in [0.1, 0.15) is 27.0 Å². The average molecular weight is 339 g/mol. The number of aryl methyl sites for hydroxylation is 2. The summed E-state index contributed by atoms with van der Waals surface area (Å²) in [5.74, 6) is -1.16. The maximum atomic E-state index is 12.0. The van der Waals surface area contributed by atoms with E-state index in [2.05, 4.69) is 0 Å². The standard InChI is InChI=1S/C19H17NO5/c1-13-3-6-15(7-4-13)8-10-19(22)25-12-18(21)16-9-5-14(2)17(11-16)20(23)24/h3-11H,12H2,1-2H3/b10-8+. The molecule has 2 aromatic rings. The fourth-order valence-corrected chi connectivity index (χ4v) is 2.09.